The van der Waals surface area contributed by atoms with Crippen LogP contribution in [0.1, 0.15) is 51.7 Å². The van der Waals surface area contributed by atoms with E-state index in [1.165, 1.54) is 5.56 Å². The number of thiazole rings is 1. The number of fused-ring (bicyclic) bond motifs is 2. The summed E-state index contributed by atoms with van der Waals surface area (Å²) in [7, 11) is 0. The van der Waals surface area contributed by atoms with Crippen molar-refractivity contribution in [3.8, 4) is 11.3 Å². The minimum Gasteiger partial charge on any atom is -0.389 e. The van der Waals surface area contributed by atoms with Crippen molar-refractivity contribution in [1.82, 2.24) is 29.5 Å². The molecule has 1 saturated heterocycles. The lowest BCUT2D eigenvalue weighted by Crippen LogP contribution is -2.54. The maximum Gasteiger partial charge on any atom is 0.188 e. The van der Waals surface area contributed by atoms with Crippen molar-refractivity contribution in [2.75, 3.05) is 31.1 Å². The first-order valence-electron chi connectivity index (χ1n) is 11.6. The smallest absolute Gasteiger partial charge is 0.188 e. The van der Waals surface area contributed by atoms with E-state index in [9.17, 15) is 5.11 Å². The van der Waals surface area contributed by atoms with Crippen molar-refractivity contribution in [2.45, 2.75) is 59.1 Å². The zero-order valence-corrected chi connectivity index (χ0v) is 21.1. The number of hydrogen-bond donors (Lipinski definition) is 2. The molecule has 1 aliphatic rings. The van der Waals surface area contributed by atoms with Crippen LogP contribution >= 0.6 is 11.3 Å². The quantitative estimate of drug-likeness (QED) is 0.461. The van der Waals surface area contributed by atoms with Gasteiger partial charge in [-0.15, -0.1) is 0 Å². The van der Waals surface area contributed by atoms with E-state index in [0.717, 1.165) is 57.6 Å². The fourth-order valence-electron chi connectivity index (χ4n) is 5.03. The average molecular weight is 468 g/mol. The van der Waals surface area contributed by atoms with Gasteiger partial charge in [0.25, 0.3) is 0 Å². The van der Waals surface area contributed by atoms with Crippen molar-refractivity contribution in [2.24, 2.45) is 0 Å². The maximum absolute atomic E-state index is 10.2. The van der Waals surface area contributed by atoms with Crippen LogP contribution in [0.3, 0.4) is 0 Å². The molecule has 0 amide bonds. The van der Waals surface area contributed by atoms with Gasteiger partial charge in [-0.2, -0.15) is 5.10 Å². The number of rotatable bonds is 5. The fraction of sp³-hybridized carbons (Fsp3) is 0.542. The monoisotopic (exact) mass is 467 g/mol. The molecule has 1 fully saturated rings. The standard InChI is InChI=1S/C24H33N7OS/c1-14(2)18-19(17-9-15(3)21-25-13-26-31(21)11-17)27-22-20(18)28-23(33-22)30-8-7-29(10-16(30)4)12-24(5,6)32/h9,11,13-14,16,27,32H,7-8,10,12H2,1-6H3. The molecule has 9 heteroatoms. The number of nitrogens with one attached hydrogen (secondary N) is 1. The molecule has 8 nitrogen and oxygen atoms in total. The molecule has 4 aromatic heterocycles. The number of aromatic nitrogens is 5. The summed E-state index contributed by atoms with van der Waals surface area (Å²) < 4.78 is 1.84. The third-order valence-corrected chi connectivity index (χ3v) is 7.38. The minimum atomic E-state index is -0.671. The van der Waals surface area contributed by atoms with Crippen LogP contribution in [0.2, 0.25) is 0 Å². The van der Waals surface area contributed by atoms with Gasteiger partial charge in [0.15, 0.2) is 10.8 Å². The molecular weight excluding hydrogens is 434 g/mol. The molecule has 1 unspecified atom stereocenters. The highest BCUT2D eigenvalue weighted by atomic mass is 32.1. The number of nitrogens with zero attached hydrogens (tertiary/aromatic N) is 6. The van der Waals surface area contributed by atoms with E-state index in [4.69, 9.17) is 4.98 Å². The molecule has 0 spiro atoms. The summed E-state index contributed by atoms with van der Waals surface area (Å²) in [5.74, 6) is 0.330. The first-order chi connectivity index (χ1) is 15.6. The van der Waals surface area contributed by atoms with E-state index >= 15 is 0 Å². The SMILES string of the molecule is Cc1cc(-c2[nH]c3sc(N4CCN(CC(C)(C)O)CC4C)nc3c2C(C)C)cn2ncnc12. The third kappa shape index (κ3) is 4.13. The highest BCUT2D eigenvalue weighted by Gasteiger charge is 2.30. The summed E-state index contributed by atoms with van der Waals surface area (Å²) in [5, 5.41) is 15.6. The number of piperazine rings is 1. The Hall–Kier alpha value is -2.49. The topological polar surface area (TPSA) is 85.6 Å². The first-order valence-corrected chi connectivity index (χ1v) is 12.5. The number of aliphatic hydroxyl groups is 1. The van der Waals surface area contributed by atoms with Gasteiger partial charge in [0, 0.05) is 49.5 Å². The predicted molar refractivity (Wildman–Crippen MR) is 134 cm³/mol. The summed E-state index contributed by atoms with van der Waals surface area (Å²) in [5.41, 5.74) is 5.86. The summed E-state index contributed by atoms with van der Waals surface area (Å²) in [6.45, 7) is 16.0. The predicted octanol–water partition coefficient (Wildman–Crippen LogP) is 4.05. The maximum atomic E-state index is 10.2. The van der Waals surface area contributed by atoms with E-state index in [1.54, 1.807) is 17.7 Å². The van der Waals surface area contributed by atoms with Crippen LogP contribution in [0.25, 0.3) is 27.3 Å². The Morgan fingerprint density at radius 3 is 2.79 bits per heavy atom. The zero-order chi connectivity index (χ0) is 23.5. The van der Waals surface area contributed by atoms with Crippen LogP contribution < -0.4 is 4.90 Å². The van der Waals surface area contributed by atoms with Crippen LogP contribution in [0.15, 0.2) is 18.6 Å². The van der Waals surface area contributed by atoms with Crippen LogP contribution in [0.5, 0.6) is 0 Å². The molecule has 1 atom stereocenters. The molecule has 1 aliphatic heterocycles. The van der Waals surface area contributed by atoms with Gasteiger partial charge in [-0.3, -0.25) is 4.90 Å². The van der Waals surface area contributed by atoms with Crippen molar-refractivity contribution < 1.29 is 5.11 Å². The molecule has 5 heterocycles. The Bertz CT molecular complexity index is 1300. The second-order valence-corrected chi connectivity index (χ2v) is 11.3. The molecule has 0 radical (unpaired) electrons. The first kappa shape index (κ1) is 22.3. The summed E-state index contributed by atoms with van der Waals surface area (Å²) >= 11 is 1.74. The normalized spacial score (nSPS) is 18.3. The molecule has 33 heavy (non-hydrogen) atoms. The molecule has 176 valence electrons. The van der Waals surface area contributed by atoms with E-state index in [2.05, 4.69) is 58.6 Å². The zero-order valence-electron chi connectivity index (χ0n) is 20.3. The molecule has 0 aromatic carbocycles. The van der Waals surface area contributed by atoms with Crippen molar-refractivity contribution in [1.29, 1.82) is 0 Å². The van der Waals surface area contributed by atoms with Crippen molar-refractivity contribution >= 4 is 32.5 Å². The number of H-pyrrole nitrogens is 1. The lowest BCUT2D eigenvalue weighted by molar-refractivity contribution is 0.0308. The molecule has 4 aromatic rings. The van der Waals surface area contributed by atoms with Gasteiger partial charge in [0.05, 0.1) is 11.3 Å². The van der Waals surface area contributed by atoms with Gasteiger partial charge < -0.3 is 15.0 Å². The average Bonchev–Trinajstić information content (AvgIpc) is 3.40. The van der Waals surface area contributed by atoms with Crippen LogP contribution in [0.4, 0.5) is 5.13 Å². The number of anilines is 1. The highest BCUT2D eigenvalue weighted by molar-refractivity contribution is 7.21. The largest absolute Gasteiger partial charge is 0.389 e. The summed E-state index contributed by atoms with van der Waals surface area (Å²) in [4.78, 5) is 19.0. The van der Waals surface area contributed by atoms with E-state index in [-0.39, 0.29) is 0 Å². The molecule has 5 rings (SSSR count). The number of hydrogen-bond acceptors (Lipinski definition) is 7. The number of aromatic amines is 1. The Kier molecular flexibility index (Phi) is 5.46. The van der Waals surface area contributed by atoms with Gasteiger partial charge in [-0.05, 0) is 45.2 Å². The lowest BCUT2D eigenvalue weighted by Gasteiger charge is -2.41. The van der Waals surface area contributed by atoms with E-state index in [1.807, 2.05) is 24.6 Å². The highest BCUT2D eigenvalue weighted by Crippen LogP contribution is 2.40. The Morgan fingerprint density at radius 1 is 1.30 bits per heavy atom. The third-order valence-electron chi connectivity index (χ3n) is 6.37. The molecule has 0 saturated carbocycles. The Morgan fingerprint density at radius 2 is 2.09 bits per heavy atom. The summed E-state index contributed by atoms with van der Waals surface area (Å²) in [6, 6.07) is 2.52. The second-order valence-electron chi connectivity index (χ2n) is 10.3. The van der Waals surface area contributed by atoms with Crippen LogP contribution in [-0.2, 0) is 0 Å². The number of pyridine rings is 1. The van der Waals surface area contributed by atoms with Gasteiger partial charge in [0.1, 0.15) is 16.7 Å². The van der Waals surface area contributed by atoms with Crippen molar-refractivity contribution in [3.63, 3.8) is 0 Å². The van der Waals surface area contributed by atoms with Crippen LogP contribution in [-0.4, -0.2) is 72.4 Å². The molecule has 0 bridgehead atoms. The van der Waals surface area contributed by atoms with Crippen LogP contribution in [0, 0.1) is 6.92 Å². The van der Waals surface area contributed by atoms with E-state index < -0.39 is 5.60 Å². The lowest BCUT2D eigenvalue weighted by atomic mass is 9.99. The number of β-amino-alcohol motifs (C(OH)–C–C–N with tert-alkyl or cyclic N) is 1. The Labute approximate surface area is 198 Å². The molecule has 0 aliphatic carbocycles. The minimum absolute atomic E-state index is 0.330. The van der Waals surface area contributed by atoms with Gasteiger partial charge in [-0.25, -0.2) is 14.5 Å². The number of aryl methyl sites for hydroxylation is 1. The van der Waals surface area contributed by atoms with Gasteiger partial charge >= 0.3 is 0 Å². The van der Waals surface area contributed by atoms with Gasteiger partial charge in [0.2, 0.25) is 0 Å². The van der Waals surface area contributed by atoms with E-state index in [0.29, 0.717) is 18.5 Å². The summed E-state index contributed by atoms with van der Waals surface area (Å²) in [6.07, 6.45) is 3.64. The van der Waals surface area contributed by atoms with Gasteiger partial charge in [-0.1, -0.05) is 25.2 Å². The molecular formula is C24H33N7OS. The second kappa shape index (κ2) is 8.07. The fourth-order valence-corrected chi connectivity index (χ4v) is 6.14. The molecule has 2 N–H and O–H groups in total. The Balaban J connectivity index is 1.48. The van der Waals surface area contributed by atoms with Crippen molar-refractivity contribution in [3.05, 3.63) is 29.7 Å².